The van der Waals surface area contributed by atoms with Gasteiger partial charge in [-0.1, -0.05) is 55.5 Å². The molecular weight excluding hydrogens is 544 g/mol. The molecule has 43 heavy (non-hydrogen) atoms. The van der Waals surface area contributed by atoms with E-state index in [1.54, 1.807) is 7.11 Å². The van der Waals surface area contributed by atoms with Gasteiger partial charge in [0, 0.05) is 32.8 Å². The van der Waals surface area contributed by atoms with Crippen LogP contribution in [0.5, 0.6) is 11.5 Å². The molecule has 5 rings (SSSR count). The van der Waals surface area contributed by atoms with Crippen LogP contribution in [0.25, 0.3) is 0 Å². The Balaban J connectivity index is 1.20. The molecule has 3 aromatic carbocycles. The second kappa shape index (κ2) is 15.6. The lowest BCUT2D eigenvalue weighted by Crippen LogP contribution is -2.47. The number of rotatable bonds is 13. The second-order valence-electron chi connectivity index (χ2n) is 11.3. The van der Waals surface area contributed by atoms with Crippen molar-refractivity contribution in [3.05, 3.63) is 89.5 Å². The quantitative estimate of drug-likeness (QED) is 0.124. The topological polar surface area (TPSA) is 69.7 Å². The molecule has 0 spiro atoms. The van der Waals surface area contributed by atoms with E-state index >= 15 is 0 Å². The van der Waals surface area contributed by atoms with Crippen LogP contribution in [0.15, 0.2) is 72.8 Å². The fourth-order valence-electron chi connectivity index (χ4n) is 5.97. The van der Waals surface area contributed by atoms with E-state index in [2.05, 4.69) is 54.3 Å². The van der Waals surface area contributed by atoms with Gasteiger partial charge in [0.2, 0.25) is 0 Å². The van der Waals surface area contributed by atoms with Gasteiger partial charge in [-0.3, -0.25) is 4.89 Å². The summed E-state index contributed by atoms with van der Waals surface area (Å²) in [5, 5.41) is 0. The van der Waals surface area contributed by atoms with Gasteiger partial charge in [0.05, 0.1) is 18.8 Å². The van der Waals surface area contributed by atoms with Crippen molar-refractivity contribution in [1.82, 2.24) is 4.90 Å². The standard InChI is InChI=1S/C35H44N2O6/c1-3-20-40-32-13-11-29(12-14-32)30-16-18-37(31(25-30)23-27-8-5-4-6-9-27)35(38)43-42-26-28-10-15-34-33(24-28)36(19-22-41-34)17-7-21-39-2/h4-6,8-15,24,30-31H,3,7,16-23,25-26H2,1-2H3. The normalized spacial score (nSPS) is 18.1. The van der Waals surface area contributed by atoms with E-state index in [9.17, 15) is 4.79 Å². The molecule has 2 aliphatic heterocycles. The number of methoxy groups -OCH3 is 1. The molecule has 0 radical (unpaired) electrons. The first-order valence-corrected chi connectivity index (χ1v) is 15.5. The minimum atomic E-state index is -0.440. The van der Waals surface area contributed by atoms with E-state index in [1.807, 2.05) is 35.2 Å². The summed E-state index contributed by atoms with van der Waals surface area (Å²) < 4.78 is 16.8. The molecule has 2 unspecified atom stereocenters. The summed E-state index contributed by atoms with van der Waals surface area (Å²) in [7, 11) is 1.72. The van der Waals surface area contributed by atoms with Gasteiger partial charge >= 0.3 is 6.09 Å². The number of benzene rings is 3. The summed E-state index contributed by atoms with van der Waals surface area (Å²) in [6, 6.07) is 24.7. The molecular formula is C35H44N2O6. The molecule has 0 bridgehead atoms. The van der Waals surface area contributed by atoms with Gasteiger partial charge in [-0.15, -0.1) is 0 Å². The highest BCUT2D eigenvalue weighted by molar-refractivity contribution is 5.67. The maximum Gasteiger partial charge on any atom is 0.441 e. The number of anilines is 1. The Labute approximate surface area is 255 Å². The highest BCUT2D eigenvalue weighted by Crippen LogP contribution is 2.35. The molecule has 2 atom stereocenters. The van der Waals surface area contributed by atoms with E-state index in [4.69, 9.17) is 24.0 Å². The van der Waals surface area contributed by atoms with Crippen LogP contribution in [0.2, 0.25) is 0 Å². The lowest BCUT2D eigenvalue weighted by Gasteiger charge is -2.38. The van der Waals surface area contributed by atoms with Crippen molar-refractivity contribution in [2.75, 3.05) is 51.5 Å². The Kier molecular flexibility index (Phi) is 11.2. The number of nitrogens with zero attached hydrogens (tertiary/aromatic N) is 2. The Bertz CT molecular complexity index is 1290. The monoisotopic (exact) mass is 588 g/mol. The highest BCUT2D eigenvalue weighted by Gasteiger charge is 2.34. The Morgan fingerprint density at radius 2 is 1.81 bits per heavy atom. The molecule has 2 aliphatic rings. The summed E-state index contributed by atoms with van der Waals surface area (Å²) in [5.74, 6) is 2.11. The van der Waals surface area contributed by atoms with Gasteiger partial charge in [-0.05, 0) is 79.0 Å². The van der Waals surface area contributed by atoms with E-state index in [0.717, 1.165) is 74.6 Å². The first-order valence-electron chi connectivity index (χ1n) is 15.5. The van der Waals surface area contributed by atoms with Gasteiger partial charge < -0.3 is 24.0 Å². The zero-order valence-corrected chi connectivity index (χ0v) is 25.4. The van der Waals surface area contributed by atoms with Crippen LogP contribution in [-0.4, -0.2) is 63.6 Å². The first kappa shape index (κ1) is 30.7. The van der Waals surface area contributed by atoms with Crippen LogP contribution >= 0.6 is 0 Å². The number of hydrogen-bond donors (Lipinski definition) is 0. The van der Waals surface area contributed by atoms with Crippen LogP contribution < -0.4 is 14.4 Å². The maximum atomic E-state index is 13.3. The average Bonchev–Trinajstić information content (AvgIpc) is 3.04. The number of likely N-dealkylation sites (tertiary alicyclic amines) is 1. The molecule has 0 N–H and O–H groups in total. The predicted molar refractivity (Wildman–Crippen MR) is 167 cm³/mol. The van der Waals surface area contributed by atoms with Gasteiger partial charge in [-0.25, -0.2) is 4.79 Å². The van der Waals surface area contributed by atoms with Crippen LogP contribution in [0.4, 0.5) is 10.5 Å². The third-order valence-electron chi connectivity index (χ3n) is 8.20. The number of piperidine rings is 1. The number of carbonyl (C=O) groups excluding carboxylic acids is 1. The van der Waals surface area contributed by atoms with Crippen molar-refractivity contribution in [3.63, 3.8) is 0 Å². The maximum absolute atomic E-state index is 13.3. The zero-order chi connectivity index (χ0) is 29.9. The number of fused-ring (bicyclic) bond motifs is 1. The molecule has 1 saturated heterocycles. The predicted octanol–water partition coefficient (Wildman–Crippen LogP) is 6.77. The molecule has 0 aromatic heterocycles. The van der Waals surface area contributed by atoms with Crippen molar-refractivity contribution in [1.29, 1.82) is 0 Å². The van der Waals surface area contributed by atoms with Crippen molar-refractivity contribution < 1.29 is 28.8 Å². The van der Waals surface area contributed by atoms with Crippen LogP contribution in [0, 0.1) is 0 Å². The highest BCUT2D eigenvalue weighted by atomic mass is 17.2. The third kappa shape index (κ3) is 8.42. The number of amides is 1. The van der Waals surface area contributed by atoms with Crippen molar-refractivity contribution in [2.45, 2.75) is 57.6 Å². The van der Waals surface area contributed by atoms with Gasteiger partial charge in [0.1, 0.15) is 24.7 Å². The molecule has 3 aromatic rings. The van der Waals surface area contributed by atoms with Crippen LogP contribution in [-0.2, 0) is 27.5 Å². The number of ether oxygens (including phenoxy) is 3. The number of carbonyl (C=O) groups is 1. The van der Waals surface area contributed by atoms with E-state index in [-0.39, 0.29) is 12.6 Å². The number of hydrogen-bond acceptors (Lipinski definition) is 7. The first-order chi connectivity index (χ1) is 21.1. The van der Waals surface area contributed by atoms with Crippen molar-refractivity contribution >= 4 is 11.8 Å². The van der Waals surface area contributed by atoms with Crippen molar-refractivity contribution in [2.24, 2.45) is 0 Å². The van der Waals surface area contributed by atoms with E-state index < -0.39 is 6.09 Å². The minimum absolute atomic E-state index is 0.00480. The fourth-order valence-corrected chi connectivity index (χ4v) is 5.97. The van der Waals surface area contributed by atoms with E-state index in [1.165, 1.54) is 11.1 Å². The molecule has 0 saturated carbocycles. The zero-order valence-electron chi connectivity index (χ0n) is 25.4. The summed E-state index contributed by atoms with van der Waals surface area (Å²) in [6.07, 6.45) is 3.95. The summed E-state index contributed by atoms with van der Waals surface area (Å²) in [4.78, 5) is 28.4. The lowest BCUT2D eigenvalue weighted by atomic mass is 9.83. The molecule has 230 valence electrons. The van der Waals surface area contributed by atoms with Gasteiger partial charge in [0.25, 0.3) is 0 Å². The van der Waals surface area contributed by atoms with Crippen molar-refractivity contribution in [3.8, 4) is 11.5 Å². The SMILES string of the molecule is CCCOc1ccc(C2CCN(C(=O)OOCc3ccc4c(c3)N(CCCOC)CCO4)C(Cc3ccccc3)C2)cc1. The van der Waals surface area contributed by atoms with Gasteiger partial charge in [-0.2, -0.15) is 4.89 Å². The smallest absolute Gasteiger partial charge is 0.441 e. The average molecular weight is 589 g/mol. The largest absolute Gasteiger partial charge is 0.494 e. The molecule has 8 nitrogen and oxygen atoms in total. The minimum Gasteiger partial charge on any atom is -0.494 e. The molecule has 0 aliphatic carbocycles. The summed E-state index contributed by atoms with van der Waals surface area (Å²) in [6.45, 7) is 6.68. The Hall–Kier alpha value is -3.75. The Morgan fingerprint density at radius 3 is 2.60 bits per heavy atom. The van der Waals surface area contributed by atoms with Crippen LogP contribution in [0.1, 0.15) is 55.2 Å². The summed E-state index contributed by atoms with van der Waals surface area (Å²) in [5.41, 5.74) is 4.42. The molecule has 8 heteroatoms. The van der Waals surface area contributed by atoms with E-state index in [0.29, 0.717) is 25.7 Å². The van der Waals surface area contributed by atoms with Gasteiger partial charge in [0.15, 0.2) is 0 Å². The van der Waals surface area contributed by atoms with Crippen LogP contribution in [0.3, 0.4) is 0 Å². The second-order valence-corrected chi connectivity index (χ2v) is 11.3. The third-order valence-corrected chi connectivity index (χ3v) is 8.20. The summed E-state index contributed by atoms with van der Waals surface area (Å²) >= 11 is 0. The molecule has 1 amide bonds. The lowest BCUT2D eigenvalue weighted by molar-refractivity contribution is -0.257. The molecule has 2 heterocycles. The molecule has 1 fully saturated rings. The fraction of sp³-hybridized carbons (Fsp3) is 0.457. The Morgan fingerprint density at radius 1 is 0.977 bits per heavy atom.